The van der Waals surface area contributed by atoms with Crippen molar-refractivity contribution in [2.24, 2.45) is 5.92 Å². The highest BCUT2D eigenvalue weighted by Crippen LogP contribution is 2.35. The van der Waals surface area contributed by atoms with Crippen LogP contribution in [0.4, 0.5) is 0 Å². The van der Waals surface area contributed by atoms with Crippen molar-refractivity contribution in [3.05, 3.63) is 34.2 Å². The molecule has 2 aliphatic rings. The first-order valence-corrected chi connectivity index (χ1v) is 11.1. The summed E-state index contributed by atoms with van der Waals surface area (Å²) in [5.74, 6) is 0.592. The molecule has 0 spiro atoms. The van der Waals surface area contributed by atoms with Crippen molar-refractivity contribution in [3.63, 3.8) is 0 Å². The molecule has 2 atom stereocenters. The lowest BCUT2D eigenvalue weighted by Crippen LogP contribution is -2.40. The summed E-state index contributed by atoms with van der Waals surface area (Å²) in [4.78, 5) is 2.23. The second-order valence-corrected chi connectivity index (χ2v) is 8.54. The summed E-state index contributed by atoms with van der Waals surface area (Å²) in [6, 6.07) is 0.439. The number of nitrogens with one attached hydrogen (secondary N) is 2. The van der Waals surface area contributed by atoms with E-state index in [9.17, 15) is 0 Å². The van der Waals surface area contributed by atoms with E-state index in [1.165, 1.54) is 61.1 Å². The molecule has 0 aromatic heterocycles. The molecule has 0 aromatic rings. The van der Waals surface area contributed by atoms with Gasteiger partial charge in [0, 0.05) is 36.1 Å². The topological polar surface area (TPSA) is 27.3 Å². The van der Waals surface area contributed by atoms with Crippen molar-refractivity contribution >= 4 is 0 Å². The molecular weight excluding hydrogens is 330 g/mol. The minimum Gasteiger partial charge on any atom is -0.385 e. The van der Waals surface area contributed by atoms with Crippen molar-refractivity contribution in [1.29, 1.82) is 0 Å². The SMILES string of the molecule is CCCC.CCCC(C)C1=C(/C=C(\C)CN(C)C)NC(C)C2=C1NCCC2. The molecule has 0 amide bonds. The van der Waals surface area contributed by atoms with E-state index in [2.05, 4.69) is 77.2 Å². The normalized spacial score (nSPS) is 21.2. The Morgan fingerprint density at radius 3 is 2.41 bits per heavy atom. The predicted molar refractivity (Wildman–Crippen MR) is 121 cm³/mol. The number of allylic oxidation sites excluding steroid dienone is 2. The van der Waals surface area contributed by atoms with Crippen LogP contribution in [0.2, 0.25) is 0 Å². The van der Waals surface area contributed by atoms with E-state index < -0.39 is 0 Å². The van der Waals surface area contributed by atoms with Crippen LogP contribution >= 0.6 is 0 Å². The van der Waals surface area contributed by atoms with Gasteiger partial charge in [-0.15, -0.1) is 0 Å². The monoisotopic (exact) mass is 375 g/mol. The van der Waals surface area contributed by atoms with E-state index in [0.717, 1.165) is 13.1 Å². The Bertz CT molecular complexity index is 538. The van der Waals surface area contributed by atoms with Crippen molar-refractivity contribution in [1.82, 2.24) is 15.5 Å². The molecule has 3 heteroatoms. The predicted octanol–water partition coefficient (Wildman–Crippen LogP) is 5.62. The summed E-state index contributed by atoms with van der Waals surface area (Å²) in [6.45, 7) is 15.7. The molecule has 0 bridgehead atoms. The lowest BCUT2D eigenvalue weighted by Gasteiger charge is -2.37. The smallest absolute Gasteiger partial charge is 0.0468 e. The van der Waals surface area contributed by atoms with Gasteiger partial charge in [-0.2, -0.15) is 0 Å². The van der Waals surface area contributed by atoms with Crippen molar-refractivity contribution < 1.29 is 0 Å². The van der Waals surface area contributed by atoms with Gasteiger partial charge in [-0.05, 0) is 64.8 Å². The summed E-state index contributed by atoms with van der Waals surface area (Å²) in [7, 11) is 4.26. The summed E-state index contributed by atoms with van der Waals surface area (Å²) in [5.41, 5.74) is 7.29. The number of nitrogens with zero attached hydrogens (tertiary/aromatic N) is 1. The van der Waals surface area contributed by atoms with E-state index in [4.69, 9.17) is 0 Å². The minimum atomic E-state index is 0.439. The average Bonchev–Trinajstić information content (AvgIpc) is 2.61. The number of hydrogen-bond donors (Lipinski definition) is 2. The first kappa shape index (κ1) is 23.8. The zero-order valence-electron chi connectivity index (χ0n) is 19.3. The average molecular weight is 376 g/mol. The number of likely N-dealkylation sites (N-methyl/N-ethyl adjacent to an activating group) is 1. The summed E-state index contributed by atoms with van der Waals surface area (Å²) < 4.78 is 0. The van der Waals surface area contributed by atoms with Crippen LogP contribution in [0.3, 0.4) is 0 Å². The van der Waals surface area contributed by atoms with E-state index in [1.807, 2.05) is 0 Å². The molecular formula is C24H45N3. The lowest BCUT2D eigenvalue weighted by molar-refractivity contribution is 0.444. The Kier molecular flexibility index (Phi) is 10.8. The molecule has 0 aromatic carbocycles. The number of hydrogen-bond acceptors (Lipinski definition) is 3. The van der Waals surface area contributed by atoms with E-state index in [0.29, 0.717) is 12.0 Å². The lowest BCUT2D eigenvalue weighted by atomic mass is 9.82. The van der Waals surface area contributed by atoms with Crippen LogP contribution < -0.4 is 10.6 Å². The molecule has 0 saturated heterocycles. The highest BCUT2D eigenvalue weighted by Gasteiger charge is 2.29. The van der Waals surface area contributed by atoms with Gasteiger partial charge in [-0.25, -0.2) is 0 Å². The van der Waals surface area contributed by atoms with Crippen LogP contribution in [0, 0.1) is 5.92 Å². The van der Waals surface area contributed by atoms with Gasteiger partial charge in [0.2, 0.25) is 0 Å². The molecule has 0 aliphatic carbocycles. The molecule has 2 unspecified atom stereocenters. The van der Waals surface area contributed by atoms with E-state index in [-0.39, 0.29) is 0 Å². The largest absolute Gasteiger partial charge is 0.385 e. The van der Waals surface area contributed by atoms with Gasteiger partial charge in [0.05, 0.1) is 0 Å². The molecule has 2 heterocycles. The summed E-state index contributed by atoms with van der Waals surface area (Å²) in [6.07, 6.45) is 9.97. The summed E-state index contributed by atoms with van der Waals surface area (Å²) in [5, 5.41) is 7.52. The molecule has 2 N–H and O–H groups in total. The zero-order chi connectivity index (χ0) is 20.4. The molecule has 3 nitrogen and oxygen atoms in total. The van der Waals surface area contributed by atoms with Crippen molar-refractivity contribution in [3.8, 4) is 0 Å². The third kappa shape index (κ3) is 7.37. The molecule has 2 rings (SSSR count). The van der Waals surface area contributed by atoms with Gasteiger partial charge >= 0.3 is 0 Å². The Morgan fingerprint density at radius 2 is 1.85 bits per heavy atom. The highest BCUT2D eigenvalue weighted by atomic mass is 15.0. The number of rotatable bonds is 7. The number of dihydropyridines is 1. The molecule has 0 radical (unpaired) electrons. The summed E-state index contributed by atoms with van der Waals surface area (Å²) >= 11 is 0. The standard InChI is InChI=1S/C20H35N3.C4H10/c1-7-9-15(3)19-18(12-14(2)13-23(5)6)22-16(4)17-10-8-11-21-20(17)19;1-3-4-2/h12,15-16,21-22H,7-11,13H2,1-6H3;3-4H2,1-2H3/b14-12+;. The maximum absolute atomic E-state index is 3.80. The van der Waals surface area contributed by atoms with Crippen molar-refractivity contribution in [2.45, 2.75) is 86.1 Å². The van der Waals surface area contributed by atoms with E-state index >= 15 is 0 Å². The maximum Gasteiger partial charge on any atom is 0.0468 e. The van der Waals surface area contributed by atoms with Crippen LogP contribution in [-0.2, 0) is 0 Å². The molecule has 27 heavy (non-hydrogen) atoms. The Morgan fingerprint density at radius 1 is 1.19 bits per heavy atom. The minimum absolute atomic E-state index is 0.439. The van der Waals surface area contributed by atoms with Gasteiger partial charge in [0.15, 0.2) is 0 Å². The molecule has 0 fully saturated rings. The van der Waals surface area contributed by atoms with Crippen LogP contribution in [-0.4, -0.2) is 38.1 Å². The maximum atomic E-state index is 3.80. The van der Waals surface area contributed by atoms with E-state index in [1.54, 1.807) is 5.57 Å². The third-order valence-corrected chi connectivity index (χ3v) is 5.37. The van der Waals surface area contributed by atoms with Crippen LogP contribution in [0.15, 0.2) is 34.2 Å². The van der Waals surface area contributed by atoms with Gasteiger partial charge < -0.3 is 15.5 Å². The first-order valence-electron chi connectivity index (χ1n) is 11.1. The Labute approximate surface area is 169 Å². The zero-order valence-corrected chi connectivity index (χ0v) is 19.3. The number of unbranched alkanes of at least 4 members (excludes halogenated alkanes) is 1. The second-order valence-electron chi connectivity index (χ2n) is 8.54. The van der Waals surface area contributed by atoms with Gasteiger partial charge in [-0.3, -0.25) is 0 Å². The van der Waals surface area contributed by atoms with Crippen LogP contribution in [0.25, 0.3) is 0 Å². The van der Waals surface area contributed by atoms with Crippen molar-refractivity contribution in [2.75, 3.05) is 27.2 Å². The molecule has 2 aliphatic heterocycles. The fourth-order valence-corrected chi connectivity index (χ4v) is 3.96. The quantitative estimate of drug-likeness (QED) is 0.605. The first-order chi connectivity index (χ1) is 12.8. The highest BCUT2D eigenvalue weighted by molar-refractivity contribution is 5.49. The second kappa shape index (κ2) is 12.3. The fraction of sp³-hybridized carbons (Fsp3) is 0.750. The van der Waals surface area contributed by atoms with Gasteiger partial charge in [0.1, 0.15) is 0 Å². The Balaban J connectivity index is 0.000000828. The third-order valence-electron chi connectivity index (χ3n) is 5.37. The molecule has 0 saturated carbocycles. The fourth-order valence-electron chi connectivity index (χ4n) is 3.96. The molecule has 156 valence electrons. The van der Waals surface area contributed by atoms with Gasteiger partial charge in [-0.1, -0.05) is 52.5 Å². The Hall–Kier alpha value is -1.22. The van der Waals surface area contributed by atoms with Crippen LogP contribution in [0.5, 0.6) is 0 Å². The van der Waals surface area contributed by atoms with Crippen LogP contribution in [0.1, 0.15) is 80.1 Å². The van der Waals surface area contributed by atoms with Gasteiger partial charge in [0.25, 0.3) is 0 Å².